The second-order valence-corrected chi connectivity index (χ2v) is 10.5. The van der Waals surface area contributed by atoms with Crippen LogP contribution in [0.15, 0.2) is 92.8 Å². The van der Waals surface area contributed by atoms with E-state index in [2.05, 4.69) is 87.7 Å². The van der Waals surface area contributed by atoms with E-state index in [0.717, 1.165) is 0 Å². The van der Waals surface area contributed by atoms with Crippen LogP contribution >= 0.6 is 33.3 Å². The number of nitrogens with one attached hydrogen (secondary N) is 3. The summed E-state index contributed by atoms with van der Waals surface area (Å²) in [6.45, 7) is 0. The predicted octanol–water partition coefficient (Wildman–Crippen LogP) is 8.06. The molecule has 30 heavy (non-hydrogen) atoms. The number of H-pyrrole nitrogens is 3. The van der Waals surface area contributed by atoms with Crippen LogP contribution in [0, 0.1) is 0 Å². The molecule has 6 heteroatoms. The zero-order chi connectivity index (χ0) is 19.7. The van der Waals surface area contributed by atoms with Gasteiger partial charge in [-0.2, -0.15) is 0 Å². The summed E-state index contributed by atoms with van der Waals surface area (Å²) in [4.78, 5) is 12.3. The van der Waals surface area contributed by atoms with E-state index in [9.17, 15) is 0 Å². The molecule has 3 aromatic carbocycles. The summed E-state index contributed by atoms with van der Waals surface area (Å²) in [5, 5.41) is 7.38. The van der Waals surface area contributed by atoms with Crippen LogP contribution in [-0.2, 0) is 0 Å². The van der Waals surface area contributed by atoms with Crippen molar-refractivity contribution in [2.45, 2.75) is 20.0 Å². The monoisotopic (exact) mass is 441 g/mol. The number of rotatable bonds is 0. The molecule has 0 saturated heterocycles. The highest BCUT2D eigenvalue weighted by Gasteiger charge is 2.26. The van der Waals surface area contributed by atoms with Crippen molar-refractivity contribution in [1.82, 2.24) is 15.0 Å². The van der Waals surface area contributed by atoms with E-state index < -0.39 is 0 Å². The number of hydrogen-bond donors (Lipinski definition) is 3. The molecule has 0 amide bonds. The summed E-state index contributed by atoms with van der Waals surface area (Å²) < 4.78 is 0. The quantitative estimate of drug-likeness (QED) is 0.209. The fourth-order valence-corrected chi connectivity index (χ4v) is 8.03. The average Bonchev–Trinajstić information content (AvgIpc) is 3.43. The van der Waals surface area contributed by atoms with Crippen LogP contribution < -0.4 is 0 Å². The lowest BCUT2D eigenvalue weighted by Gasteiger charge is -2.05. The molecule has 0 atom stereocenters. The predicted molar refractivity (Wildman–Crippen MR) is 130 cm³/mol. The van der Waals surface area contributed by atoms with Gasteiger partial charge in [-0.15, -0.1) is 0 Å². The van der Waals surface area contributed by atoms with Gasteiger partial charge in [0.1, 0.15) is 0 Å². The Morgan fingerprint density at radius 1 is 0.467 bits per heavy atom. The Kier molecular flexibility index (Phi) is 3.65. The highest BCUT2D eigenvalue weighted by molar-refractivity contribution is 8.76. The number of aromatic nitrogens is 3. The minimum Gasteiger partial charge on any atom is -0.349 e. The zero-order valence-corrected chi connectivity index (χ0v) is 18.1. The van der Waals surface area contributed by atoms with Crippen LogP contribution in [0.3, 0.4) is 0 Å². The van der Waals surface area contributed by atoms with Crippen molar-refractivity contribution >= 4 is 66.1 Å². The maximum absolute atomic E-state index is 3.72. The lowest BCUT2D eigenvalue weighted by molar-refractivity contribution is 1.15. The SMILES string of the molecule is c1ccc2c3c([nH]c2c1)SSc1[nH]c2ccccc2c1-c1c([nH]c2ccccc12)S3. The third kappa shape index (κ3) is 2.38. The molecule has 3 aromatic heterocycles. The van der Waals surface area contributed by atoms with Gasteiger partial charge in [0.25, 0.3) is 0 Å². The number of benzene rings is 3. The van der Waals surface area contributed by atoms with Gasteiger partial charge in [-0.05, 0) is 39.8 Å². The smallest absolute Gasteiger partial charge is 0.0986 e. The van der Waals surface area contributed by atoms with E-state index in [4.69, 9.17) is 0 Å². The Hall–Kier alpha value is -2.67. The summed E-state index contributed by atoms with van der Waals surface area (Å²) in [6.07, 6.45) is 0. The summed E-state index contributed by atoms with van der Waals surface area (Å²) >= 11 is 1.83. The van der Waals surface area contributed by atoms with Gasteiger partial charge < -0.3 is 15.0 Å². The van der Waals surface area contributed by atoms with E-state index in [1.165, 1.54) is 63.8 Å². The number of hydrogen-bond acceptors (Lipinski definition) is 3. The molecular formula is C24H15N3S3. The van der Waals surface area contributed by atoms with Crippen LogP contribution in [0.4, 0.5) is 0 Å². The van der Waals surface area contributed by atoms with Gasteiger partial charge in [-0.1, -0.05) is 66.4 Å². The molecule has 6 aromatic rings. The van der Waals surface area contributed by atoms with Crippen LogP contribution in [-0.4, -0.2) is 15.0 Å². The van der Waals surface area contributed by atoms with Crippen molar-refractivity contribution in [2.75, 3.05) is 0 Å². The standard InChI is InChI=1S/C24H15N3S3/c1-4-10-16-13(7-1)19-20-14-8-2-5-11-17(14)26-23(20)29-30-24-21(28-22(19)25-16)15-9-3-6-12-18(15)27-24/h1-12,25-27H. The molecule has 1 aliphatic rings. The largest absolute Gasteiger partial charge is 0.349 e. The first-order valence-corrected chi connectivity index (χ1v) is 12.7. The summed E-state index contributed by atoms with van der Waals surface area (Å²) in [5.74, 6) is 0. The second-order valence-electron chi connectivity index (χ2n) is 7.35. The van der Waals surface area contributed by atoms with Crippen molar-refractivity contribution in [3.05, 3.63) is 72.8 Å². The molecule has 3 nitrogen and oxygen atoms in total. The highest BCUT2D eigenvalue weighted by atomic mass is 33.1. The van der Waals surface area contributed by atoms with Crippen molar-refractivity contribution in [3.8, 4) is 11.1 Å². The lowest BCUT2D eigenvalue weighted by Crippen LogP contribution is -1.80. The third-order valence-electron chi connectivity index (χ3n) is 5.63. The Bertz CT molecular complexity index is 1590. The molecule has 7 rings (SSSR count). The number of aromatic amines is 3. The fourth-order valence-electron chi connectivity index (χ4n) is 4.31. The molecule has 0 fully saturated rings. The van der Waals surface area contributed by atoms with E-state index in [-0.39, 0.29) is 0 Å². The molecule has 4 heterocycles. The molecule has 0 saturated carbocycles. The Labute approximate surface area is 184 Å². The highest BCUT2D eigenvalue weighted by Crippen LogP contribution is 2.55. The van der Waals surface area contributed by atoms with E-state index in [1.807, 2.05) is 11.8 Å². The van der Waals surface area contributed by atoms with Crippen LogP contribution in [0.5, 0.6) is 0 Å². The van der Waals surface area contributed by atoms with Crippen molar-refractivity contribution in [3.63, 3.8) is 0 Å². The fraction of sp³-hybridized carbons (Fsp3) is 0. The van der Waals surface area contributed by atoms with Gasteiger partial charge in [0.2, 0.25) is 0 Å². The molecule has 0 aliphatic carbocycles. The average molecular weight is 442 g/mol. The van der Waals surface area contributed by atoms with E-state index in [0.29, 0.717) is 0 Å². The van der Waals surface area contributed by atoms with E-state index >= 15 is 0 Å². The summed E-state index contributed by atoms with van der Waals surface area (Å²) in [6, 6.07) is 25.8. The maximum atomic E-state index is 3.72. The van der Waals surface area contributed by atoms with Crippen LogP contribution in [0.2, 0.25) is 0 Å². The Morgan fingerprint density at radius 3 is 1.63 bits per heavy atom. The summed E-state index contributed by atoms with van der Waals surface area (Å²) in [5.41, 5.74) is 6.10. The number of fused-ring (bicyclic) bond motifs is 10. The van der Waals surface area contributed by atoms with Gasteiger partial charge in [-0.25, -0.2) is 0 Å². The number of para-hydroxylation sites is 3. The second kappa shape index (κ2) is 6.41. The first kappa shape index (κ1) is 17.1. The molecule has 0 bridgehead atoms. The molecule has 1 aliphatic heterocycles. The lowest BCUT2D eigenvalue weighted by atomic mass is 10.0. The first-order chi connectivity index (χ1) is 14.9. The topological polar surface area (TPSA) is 47.4 Å². The molecule has 0 radical (unpaired) electrons. The zero-order valence-electron chi connectivity index (χ0n) is 15.7. The molecule has 3 N–H and O–H groups in total. The van der Waals surface area contributed by atoms with Gasteiger partial charge in [0, 0.05) is 43.8 Å². The normalized spacial score (nSPS) is 13.6. The molecule has 144 valence electrons. The van der Waals surface area contributed by atoms with Crippen molar-refractivity contribution in [1.29, 1.82) is 0 Å². The van der Waals surface area contributed by atoms with Gasteiger partial charge in [-0.3, -0.25) is 0 Å². The maximum Gasteiger partial charge on any atom is 0.0986 e. The van der Waals surface area contributed by atoms with Crippen LogP contribution in [0.25, 0.3) is 43.8 Å². The minimum atomic E-state index is 1.17. The first-order valence-electron chi connectivity index (χ1n) is 9.72. The minimum absolute atomic E-state index is 1.17. The summed E-state index contributed by atoms with van der Waals surface area (Å²) in [7, 11) is 3.59. The Balaban J connectivity index is 1.60. The Morgan fingerprint density at radius 2 is 0.933 bits per heavy atom. The molecule has 0 spiro atoms. The van der Waals surface area contributed by atoms with Gasteiger partial charge >= 0.3 is 0 Å². The van der Waals surface area contributed by atoms with Gasteiger partial charge in [0.05, 0.1) is 20.0 Å². The molecular weight excluding hydrogens is 426 g/mol. The van der Waals surface area contributed by atoms with Crippen molar-refractivity contribution < 1.29 is 0 Å². The third-order valence-corrected chi connectivity index (χ3v) is 9.18. The van der Waals surface area contributed by atoms with Crippen molar-refractivity contribution in [2.24, 2.45) is 0 Å². The van der Waals surface area contributed by atoms with Gasteiger partial charge in [0.15, 0.2) is 0 Å². The van der Waals surface area contributed by atoms with Crippen LogP contribution in [0.1, 0.15) is 0 Å². The van der Waals surface area contributed by atoms with E-state index in [1.54, 1.807) is 21.6 Å². The molecule has 0 unspecified atom stereocenters.